The number of carbonyl (C=O) groups is 2. The highest BCUT2D eigenvalue weighted by molar-refractivity contribution is 6.30. The van der Waals surface area contributed by atoms with Crippen molar-refractivity contribution in [3.8, 4) is 5.75 Å². The van der Waals surface area contributed by atoms with Gasteiger partial charge in [0, 0.05) is 10.7 Å². The van der Waals surface area contributed by atoms with Gasteiger partial charge < -0.3 is 20.1 Å². The average molecular weight is 443 g/mol. The summed E-state index contributed by atoms with van der Waals surface area (Å²) >= 11 is 6.03. The van der Waals surface area contributed by atoms with Crippen molar-refractivity contribution < 1.29 is 19.1 Å². The SMILES string of the molecule is CCOC(=O)C1=C(C)NC(=O)NC1c1cc(C)cc(COc2ccc(Cl)cc2C)c1C. The van der Waals surface area contributed by atoms with Crippen LogP contribution in [0.2, 0.25) is 5.02 Å². The fourth-order valence-electron chi connectivity index (χ4n) is 3.75. The van der Waals surface area contributed by atoms with E-state index in [0.717, 1.165) is 33.6 Å². The molecule has 31 heavy (non-hydrogen) atoms. The van der Waals surface area contributed by atoms with Crippen molar-refractivity contribution in [3.63, 3.8) is 0 Å². The maximum Gasteiger partial charge on any atom is 0.338 e. The predicted octanol–water partition coefficient (Wildman–Crippen LogP) is 5.04. The molecular formula is C24H27ClN2O4. The molecule has 6 nitrogen and oxygen atoms in total. The third kappa shape index (κ3) is 5.02. The Balaban J connectivity index is 1.97. The number of amides is 2. The molecule has 164 valence electrons. The van der Waals surface area contributed by atoms with Crippen molar-refractivity contribution in [3.05, 3.63) is 74.4 Å². The molecule has 7 heteroatoms. The van der Waals surface area contributed by atoms with Gasteiger partial charge >= 0.3 is 12.0 Å². The quantitative estimate of drug-likeness (QED) is 0.615. The first-order chi connectivity index (χ1) is 14.7. The summed E-state index contributed by atoms with van der Waals surface area (Å²) in [6.07, 6.45) is 0. The minimum Gasteiger partial charge on any atom is -0.489 e. The number of esters is 1. The van der Waals surface area contributed by atoms with Crippen LogP contribution in [-0.4, -0.2) is 18.6 Å². The molecule has 0 saturated heterocycles. The number of benzene rings is 2. The molecule has 2 aromatic carbocycles. The van der Waals surface area contributed by atoms with E-state index in [4.69, 9.17) is 21.1 Å². The highest BCUT2D eigenvalue weighted by Crippen LogP contribution is 2.32. The molecule has 1 aliphatic rings. The lowest BCUT2D eigenvalue weighted by atomic mass is 9.89. The van der Waals surface area contributed by atoms with E-state index in [2.05, 4.69) is 10.6 Å². The molecule has 2 N–H and O–H groups in total. The second kappa shape index (κ2) is 9.43. The van der Waals surface area contributed by atoms with Gasteiger partial charge in [0.2, 0.25) is 0 Å². The van der Waals surface area contributed by atoms with Crippen LogP contribution in [0.5, 0.6) is 5.75 Å². The molecule has 3 rings (SSSR count). The standard InChI is InChI=1S/C24H27ClN2O4/c1-6-30-23(28)21-16(5)26-24(29)27-22(21)19-10-13(2)9-17(15(19)4)12-31-20-8-7-18(25)11-14(20)3/h7-11,22H,6,12H2,1-5H3,(H2,26,27,29). The van der Waals surface area contributed by atoms with Crippen LogP contribution in [0.4, 0.5) is 4.79 Å². The summed E-state index contributed by atoms with van der Waals surface area (Å²) in [5.41, 5.74) is 5.59. The summed E-state index contributed by atoms with van der Waals surface area (Å²) in [6, 6.07) is 8.57. The maximum absolute atomic E-state index is 12.6. The number of ether oxygens (including phenoxy) is 2. The molecule has 1 unspecified atom stereocenters. The Labute approximate surface area is 187 Å². The van der Waals surface area contributed by atoms with Gasteiger partial charge in [0.15, 0.2) is 0 Å². The minimum absolute atomic E-state index is 0.253. The Morgan fingerprint density at radius 1 is 1.13 bits per heavy atom. The molecule has 0 bridgehead atoms. The van der Waals surface area contributed by atoms with E-state index in [1.54, 1.807) is 19.9 Å². The van der Waals surface area contributed by atoms with Crippen LogP contribution in [0.3, 0.4) is 0 Å². The third-order valence-corrected chi connectivity index (χ3v) is 5.53. The van der Waals surface area contributed by atoms with Crippen LogP contribution in [0.15, 0.2) is 41.6 Å². The molecule has 1 heterocycles. The lowest BCUT2D eigenvalue weighted by Gasteiger charge is -2.30. The van der Waals surface area contributed by atoms with Gasteiger partial charge in [-0.3, -0.25) is 0 Å². The Morgan fingerprint density at radius 2 is 1.87 bits per heavy atom. The van der Waals surface area contributed by atoms with Gasteiger partial charge in [-0.15, -0.1) is 0 Å². The monoisotopic (exact) mass is 442 g/mol. The van der Waals surface area contributed by atoms with Crippen molar-refractivity contribution >= 4 is 23.6 Å². The van der Waals surface area contributed by atoms with Gasteiger partial charge in [0.25, 0.3) is 0 Å². The topological polar surface area (TPSA) is 76.7 Å². The first-order valence-corrected chi connectivity index (χ1v) is 10.5. The van der Waals surface area contributed by atoms with Crippen LogP contribution in [0, 0.1) is 20.8 Å². The number of nitrogens with one attached hydrogen (secondary N) is 2. The normalized spacial score (nSPS) is 15.9. The fraction of sp³-hybridized carbons (Fsp3) is 0.333. The highest BCUT2D eigenvalue weighted by atomic mass is 35.5. The molecule has 1 atom stereocenters. The van der Waals surface area contributed by atoms with Crippen molar-refractivity contribution in [2.45, 2.75) is 47.3 Å². The number of carbonyl (C=O) groups excluding carboxylic acids is 2. The number of hydrogen-bond acceptors (Lipinski definition) is 4. The summed E-state index contributed by atoms with van der Waals surface area (Å²) in [4.78, 5) is 24.8. The van der Waals surface area contributed by atoms with Crippen LogP contribution in [0.25, 0.3) is 0 Å². The van der Waals surface area contributed by atoms with Crippen LogP contribution in [-0.2, 0) is 16.1 Å². The van der Waals surface area contributed by atoms with E-state index in [9.17, 15) is 9.59 Å². The van der Waals surface area contributed by atoms with Crippen LogP contribution in [0.1, 0.15) is 47.7 Å². The van der Waals surface area contributed by atoms with Gasteiger partial charge in [0.1, 0.15) is 12.4 Å². The Bertz CT molecular complexity index is 1060. The van der Waals surface area contributed by atoms with E-state index >= 15 is 0 Å². The second-order valence-electron chi connectivity index (χ2n) is 7.63. The molecule has 0 radical (unpaired) electrons. The zero-order chi connectivity index (χ0) is 22.7. The molecular weight excluding hydrogens is 416 g/mol. The summed E-state index contributed by atoms with van der Waals surface area (Å²) in [7, 11) is 0. The molecule has 0 saturated carbocycles. The van der Waals surface area contributed by atoms with Gasteiger partial charge in [-0.1, -0.05) is 29.3 Å². The summed E-state index contributed by atoms with van der Waals surface area (Å²) in [5.74, 6) is 0.304. The van der Waals surface area contributed by atoms with E-state index in [1.165, 1.54) is 0 Å². The fourth-order valence-corrected chi connectivity index (χ4v) is 3.98. The summed E-state index contributed by atoms with van der Waals surface area (Å²) in [5, 5.41) is 6.20. The number of rotatable bonds is 6. The smallest absolute Gasteiger partial charge is 0.338 e. The second-order valence-corrected chi connectivity index (χ2v) is 8.06. The lowest BCUT2D eigenvalue weighted by Crippen LogP contribution is -2.45. The first-order valence-electron chi connectivity index (χ1n) is 10.2. The van der Waals surface area contributed by atoms with Gasteiger partial charge in [-0.25, -0.2) is 9.59 Å². The van der Waals surface area contributed by atoms with Crippen molar-refractivity contribution in [2.75, 3.05) is 6.61 Å². The summed E-state index contributed by atoms with van der Waals surface area (Å²) < 4.78 is 11.3. The van der Waals surface area contributed by atoms with Crippen molar-refractivity contribution in [1.82, 2.24) is 10.6 Å². The molecule has 1 aliphatic heterocycles. The number of hydrogen-bond donors (Lipinski definition) is 2. The van der Waals surface area contributed by atoms with E-state index in [0.29, 0.717) is 22.9 Å². The number of aryl methyl sites for hydroxylation is 2. The van der Waals surface area contributed by atoms with E-state index < -0.39 is 12.0 Å². The van der Waals surface area contributed by atoms with Gasteiger partial charge in [-0.05, 0) is 75.1 Å². The van der Waals surface area contributed by atoms with Gasteiger partial charge in [0.05, 0.1) is 18.2 Å². The van der Waals surface area contributed by atoms with E-state index in [1.807, 2.05) is 45.0 Å². The van der Waals surface area contributed by atoms with Gasteiger partial charge in [-0.2, -0.15) is 0 Å². The predicted molar refractivity (Wildman–Crippen MR) is 120 cm³/mol. The first kappa shape index (κ1) is 22.7. The minimum atomic E-state index is -0.608. The Kier molecular flexibility index (Phi) is 6.91. The molecule has 0 spiro atoms. The average Bonchev–Trinajstić information content (AvgIpc) is 2.69. The maximum atomic E-state index is 12.6. The summed E-state index contributed by atoms with van der Waals surface area (Å²) in [6.45, 7) is 9.94. The van der Waals surface area contributed by atoms with Crippen molar-refractivity contribution in [2.24, 2.45) is 0 Å². The lowest BCUT2D eigenvalue weighted by molar-refractivity contribution is -0.139. The molecule has 0 aliphatic carbocycles. The van der Waals surface area contributed by atoms with Crippen LogP contribution >= 0.6 is 11.6 Å². The number of allylic oxidation sites excluding steroid dienone is 1. The van der Waals surface area contributed by atoms with E-state index in [-0.39, 0.29) is 12.6 Å². The Morgan fingerprint density at radius 3 is 2.55 bits per heavy atom. The zero-order valence-electron chi connectivity index (χ0n) is 18.4. The number of urea groups is 1. The number of halogens is 1. The largest absolute Gasteiger partial charge is 0.489 e. The highest BCUT2D eigenvalue weighted by Gasteiger charge is 2.33. The molecule has 0 aromatic heterocycles. The third-order valence-electron chi connectivity index (χ3n) is 5.30. The Hall–Kier alpha value is -2.99. The molecule has 0 fully saturated rings. The molecule has 2 aromatic rings. The van der Waals surface area contributed by atoms with Crippen molar-refractivity contribution in [1.29, 1.82) is 0 Å². The molecule has 2 amide bonds. The van der Waals surface area contributed by atoms with Crippen LogP contribution < -0.4 is 15.4 Å². The zero-order valence-corrected chi connectivity index (χ0v) is 19.1.